The maximum Gasteiger partial charge on any atom is 0.0293 e. The molecule has 1 aromatic carbocycles. The molecule has 0 aliphatic carbocycles. The predicted molar refractivity (Wildman–Crippen MR) is 59.2 cm³/mol. The van der Waals surface area contributed by atoms with Gasteiger partial charge in [0, 0.05) is 10.6 Å². The molecular weight excluding hydrogens is 203 g/mol. The summed E-state index contributed by atoms with van der Waals surface area (Å²) in [5.41, 5.74) is 2.79. The van der Waals surface area contributed by atoms with Crippen LogP contribution in [0.1, 0.15) is 18.4 Å². The molecule has 0 saturated carbocycles. The second kappa shape index (κ2) is 6.06. The van der Waals surface area contributed by atoms with E-state index in [0.29, 0.717) is 0 Å². The SMILES string of the molecule is Cl/C=C(\Cl)CCCc1ccccc1. The summed E-state index contributed by atoms with van der Waals surface area (Å²) < 4.78 is 0. The summed E-state index contributed by atoms with van der Waals surface area (Å²) in [6.45, 7) is 0. The van der Waals surface area contributed by atoms with Gasteiger partial charge in [-0.25, -0.2) is 0 Å². The molecule has 0 saturated heterocycles. The van der Waals surface area contributed by atoms with Crippen LogP contribution in [0.5, 0.6) is 0 Å². The smallest absolute Gasteiger partial charge is 0.0293 e. The van der Waals surface area contributed by atoms with E-state index >= 15 is 0 Å². The summed E-state index contributed by atoms with van der Waals surface area (Å²) in [6, 6.07) is 10.4. The molecule has 0 radical (unpaired) electrons. The van der Waals surface area contributed by atoms with E-state index in [1.807, 2.05) is 18.2 Å². The molecule has 70 valence electrons. The molecule has 0 fully saturated rings. The fourth-order valence-electron chi connectivity index (χ4n) is 1.16. The topological polar surface area (TPSA) is 0 Å². The van der Waals surface area contributed by atoms with Gasteiger partial charge in [-0.15, -0.1) is 0 Å². The molecule has 0 N–H and O–H groups in total. The average Bonchev–Trinajstić information content (AvgIpc) is 2.19. The Morgan fingerprint density at radius 2 is 1.92 bits per heavy atom. The lowest BCUT2D eigenvalue weighted by Crippen LogP contribution is -1.84. The van der Waals surface area contributed by atoms with Crippen LogP contribution in [0.2, 0.25) is 0 Å². The highest BCUT2D eigenvalue weighted by Gasteiger charge is 1.94. The quantitative estimate of drug-likeness (QED) is 0.701. The van der Waals surface area contributed by atoms with Gasteiger partial charge in [-0.05, 0) is 24.8 Å². The van der Waals surface area contributed by atoms with E-state index in [1.165, 1.54) is 11.1 Å². The molecule has 0 amide bonds. The van der Waals surface area contributed by atoms with Gasteiger partial charge < -0.3 is 0 Å². The normalized spacial score (nSPS) is 11.7. The first kappa shape index (κ1) is 10.6. The van der Waals surface area contributed by atoms with Crippen LogP contribution in [-0.2, 0) is 6.42 Å². The minimum Gasteiger partial charge on any atom is -0.0917 e. The zero-order chi connectivity index (χ0) is 9.52. The van der Waals surface area contributed by atoms with Crippen LogP contribution in [0.25, 0.3) is 0 Å². The Balaban J connectivity index is 2.28. The Labute approximate surface area is 89.2 Å². The lowest BCUT2D eigenvalue weighted by molar-refractivity contribution is 0.835. The third-order valence-corrected chi connectivity index (χ3v) is 2.52. The molecule has 2 heteroatoms. The Kier molecular flexibility index (Phi) is 4.95. The average molecular weight is 215 g/mol. The van der Waals surface area contributed by atoms with Gasteiger partial charge in [0.15, 0.2) is 0 Å². The van der Waals surface area contributed by atoms with Crippen LogP contribution in [0, 0.1) is 0 Å². The number of allylic oxidation sites excluding steroid dienone is 1. The third-order valence-electron chi connectivity index (χ3n) is 1.84. The molecule has 0 atom stereocenters. The van der Waals surface area contributed by atoms with Crippen molar-refractivity contribution < 1.29 is 0 Å². The minimum absolute atomic E-state index is 0.734. The van der Waals surface area contributed by atoms with Gasteiger partial charge in [0.1, 0.15) is 0 Å². The molecular formula is C11H12Cl2. The van der Waals surface area contributed by atoms with Crippen LogP contribution in [-0.4, -0.2) is 0 Å². The molecule has 0 nitrogen and oxygen atoms in total. The van der Waals surface area contributed by atoms with Crippen molar-refractivity contribution in [1.82, 2.24) is 0 Å². The monoisotopic (exact) mass is 214 g/mol. The first-order valence-electron chi connectivity index (χ1n) is 4.31. The Morgan fingerprint density at radius 3 is 2.54 bits per heavy atom. The first-order valence-corrected chi connectivity index (χ1v) is 5.13. The third kappa shape index (κ3) is 4.35. The number of hydrogen-bond donors (Lipinski definition) is 0. The highest BCUT2D eigenvalue weighted by atomic mass is 35.5. The molecule has 1 rings (SSSR count). The lowest BCUT2D eigenvalue weighted by Gasteiger charge is -1.99. The standard InChI is InChI=1S/C11H12Cl2/c12-9-11(13)8-4-7-10-5-2-1-3-6-10/h1-3,5-6,9H,4,7-8H2/b11-9-. The van der Waals surface area contributed by atoms with Gasteiger partial charge in [-0.2, -0.15) is 0 Å². The zero-order valence-electron chi connectivity index (χ0n) is 7.34. The van der Waals surface area contributed by atoms with Crippen molar-refractivity contribution in [1.29, 1.82) is 0 Å². The van der Waals surface area contributed by atoms with E-state index in [1.54, 1.807) is 0 Å². The van der Waals surface area contributed by atoms with Crippen LogP contribution >= 0.6 is 23.2 Å². The van der Waals surface area contributed by atoms with E-state index in [9.17, 15) is 0 Å². The lowest BCUT2D eigenvalue weighted by atomic mass is 10.1. The van der Waals surface area contributed by atoms with E-state index in [2.05, 4.69) is 12.1 Å². The van der Waals surface area contributed by atoms with Gasteiger partial charge in [0.2, 0.25) is 0 Å². The molecule has 0 aliphatic rings. The van der Waals surface area contributed by atoms with Crippen molar-refractivity contribution in [2.45, 2.75) is 19.3 Å². The highest BCUT2D eigenvalue weighted by molar-refractivity contribution is 6.36. The van der Waals surface area contributed by atoms with E-state index in [0.717, 1.165) is 24.3 Å². The molecule has 0 heterocycles. The van der Waals surface area contributed by atoms with Crippen molar-refractivity contribution in [3.8, 4) is 0 Å². The summed E-state index contributed by atoms with van der Waals surface area (Å²) in [5.74, 6) is 0. The number of halogens is 2. The predicted octanol–water partition coefficient (Wildman–Crippen LogP) is 4.33. The second-order valence-electron chi connectivity index (χ2n) is 2.90. The summed E-state index contributed by atoms with van der Waals surface area (Å²) in [6.07, 6.45) is 2.97. The van der Waals surface area contributed by atoms with E-state index in [-0.39, 0.29) is 0 Å². The Morgan fingerprint density at radius 1 is 1.23 bits per heavy atom. The maximum atomic E-state index is 5.76. The van der Waals surface area contributed by atoms with Gasteiger partial charge in [-0.3, -0.25) is 0 Å². The van der Waals surface area contributed by atoms with Crippen molar-refractivity contribution >= 4 is 23.2 Å². The molecule has 0 unspecified atom stereocenters. The largest absolute Gasteiger partial charge is 0.0917 e. The van der Waals surface area contributed by atoms with Gasteiger partial charge in [0.25, 0.3) is 0 Å². The number of rotatable bonds is 4. The fraction of sp³-hybridized carbons (Fsp3) is 0.273. The second-order valence-corrected chi connectivity index (χ2v) is 3.60. The zero-order valence-corrected chi connectivity index (χ0v) is 8.85. The minimum atomic E-state index is 0.734. The summed E-state index contributed by atoms with van der Waals surface area (Å²) in [7, 11) is 0. The van der Waals surface area contributed by atoms with Crippen LogP contribution in [0.4, 0.5) is 0 Å². The van der Waals surface area contributed by atoms with E-state index < -0.39 is 0 Å². The number of hydrogen-bond acceptors (Lipinski definition) is 0. The van der Waals surface area contributed by atoms with Gasteiger partial charge in [-0.1, -0.05) is 53.5 Å². The summed E-state index contributed by atoms with van der Waals surface area (Å²) >= 11 is 11.2. The first-order chi connectivity index (χ1) is 6.33. The molecule has 1 aromatic rings. The fourth-order valence-corrected chi connectivity index (χ4v) is 1.40. The Bertz CT molecular complexity index is 265. The number of benzene rings is 1. The highest BCUT2D eigenvalue weighted by Crippen LogP contribution is 2.13. The van der Waals surface area contributed by atoms with E-state index in [4.69, 9.17) is 23.2 Å². The molecule has 0 aromatic heterocycles. The maximum absolute atomic E-state index is 5.76. The van der Waals surface area contributed by atoms with Crippen molar-refractivity contribution in [3.63, 3.8) is 0 Å². The van der Waals surface area contributed by atoms with Crippen LogP contribution in [0.3, 0.4) is 0 Å². The van der Waals surface area contributed by atoms with Gasteiger partial charge in [0.05, 0.1) is 0 Å². The van der Waals surface area contributed by atoms with Crippen LogP contribution in [0.15, 0.2) is 40.9 Å². The Hall–Kier alpha value is -0.460. The molecule has 13 heavy (non-hydrogen) atoms. The van der Waals surface area contributed by atoms with Crippen molar-refractivity contribution in [2.24, 2.45) is 0 Å². The van der Waals surface area contributed by atoms with Crippen molar-refractivity contribution in [3.05, 3.63) is 46.5 Å². The number of aryl methyl sites for hydroxylation is 1. The molecule has 0 spiro atoms. The molecule has 0 bridgehead atoms. The van der Waals surface area contributed by atoms with Crippen LogP contribution < -0.4 is 0 Å². The molecule has 0 aliphatic heterocycles. The van der Waals surface area contributed by atoms with Crippen molar-refractivity contribution in [2.75, 3.05) is 0 Å². The summed E-state index contributed by atoms with van der Waals surface area (Å²) in [5, 5.41) is 0.734. The summed E-state index contributed by atoms with van der Waals surface area (Å²) in [4.78, 5) is 0. The van der Waals surface area contributed by atoms with Gasteiger partial charge >= 0.3 is 0 Å².